The molecule has 1 aromatic carbocycles. The van der Waals surface area contributed by atoms with E-state index in [1.54, 1.807) is 6.07 Å². The molecule has 110 valence electrons. The molecule has 1 aliphatic heterocycles. The molecule has 0 radical (unpaired) electrons. The van der Waals surface area contributed by atoms with E-state index in [9.17, 15) is 4.39 Å². The van der Waals surface area contributed by atoms with Crippen molar-refractivity contribution >= 4 is 15.9 Å². The average Bonchev–Trinajstić information content (AvgIpc) is 3.21. The Kier molecular flexibility index (Phi) is 4.74. The zero-order chi connectivity index (χ0) is 13.9. The van der Waals surface area contributed by atoms with E-state index in [-0.39, 0.29) is 5.82 Å². The van der Waals surface area contributed by atoms with Crippen molar-refractivity contribution in [3.63, 3.8) is 0 Å². The summed E-state index contributed by atoms with van der Waals surface area (Å²) in [6.45, 7) is 4.28. The third-order valence-corrected chi connectivity index (χ3v) is 4.77. The average molecular weight is 341 g/mol. The second-order valence-corrected chi connectivity index (χ2v) is 7.10. The van der Waals surface area contributed by atoms with Gasteiger partial charge in [0.05, 0.1) is 0 Å². The lowest BCUT2D eigenvalue weighted by atomic mass is 10.0. The summed E-state index contributed by atoms with van der Waals surface area (Å²) in [6, 6.07) is 5.85. The molecule has 1 aromatic rings. The van der Waals surface area contributed by atoms with Crippen LogP contribution in [-0.4, -0.2) is 30.6 Å². The van der Waals surface area contributed by atoms with Crippen LogP contribution in [0.1, 0.15) is 31.2 Å². The first-order valence-corrected chi connectivity index (χ1v) is 8.39. The zero-order valence-corrected chi connectivity index (χ0v) is 13.3. The van der Waals surface area contributed by atoms with Gasteiger partial charge in [0, 0.05) is 17.1 Å². The van der Waals surface area contributed by atoms with E-state index < -0.39 is 0 Å². The Labute approximate surface area is 128 Å². The number of nitrogens with one attached hydrogen (secondary N) is 1. The van der Waals surface area contributed by atoms with Crippen molar-refractivity contribution in [2.45, 2.75) is 38.3 Å². The number of halogens is 2. The quantitative estimate of drug-likeness (QED) is 0.881. The van der Waals surface area contributed by atoms with Gasteiger partial charge in [-0.3, -0.25) is 4.90 Å². The fourth-order valence-corrected chi connectivity index (χ4v) is 3.42. The third-order valence-electron chi connectivity index (χ3n) is 4.31. The van der Waals surface area contributed by atoms with E-state index in [1.165, 1.54) is 38.3 Å². The standard InChI is InChI=1S/C16H22BrFN2/c17-14-7-13(8-15(18)9-14)11-20-5-3-16(4-6-20)19-10-12-1-2-12/h7-9,12,16,19H,1-6,10-11H2. The Balaban J connectivity index is 1.45. The molecule has 1 aliphatic carbocycles. The molecule has 0 bridgehead atoms. The van der Waals surface area contributed by atoms with Crippen LogP contribution in [0, 0.1) is 11.7 Å². The van der Waals surface area contributed by atoms with E-state index >= 15 is 0 Å². The van der Waals surface area contributed by atoms with Gasteiger partial charge in [-0.2, -0.15) is 0 Å². The molecule has 1 N–H and O–H groups in total. The topological polar surface area (TPSA) is 15.3 Å². The lowest BCUT2D eigenvalue weighted by Crippen LogP contribution is -2.42. The highest BCUT2D eigenvalue weighted by Gasteiger charge is 2.24. The molecule has 1 saturated heterocycles. The molecule has 20 heavy (non-hydrogen) atoms. The number of likely N-dealkylation sites (tertiary alicyclic amines) is 1. The summed E-state index contributed by atoms with van der Waals surface area (Å²) in [5.41, 5.74) is 1.06. The minimum absolute atomic E-state index is 0.157. The maximum absolute atomic E-state index is 13.4. The molecule has 0 atom stereocenters. The number of nitrogens with zero attached hydrogens (tertiary/aromatic N) is 1. The number of hydrogen-bond donors (Lipinski definition) is 1. The van der Waals surface area contributed by atoms with Crippen molar-refractivity contribution < 1.29 is 4.39 Å². The van der Waals surface area contributed by atoms with Gasteiger partial charge in [-0.05, 0) is 75.0 Å². The van der Waals surface area contributed by atoms with E-state index in [0.717, 1.165) is 35.6 Å². The molecule has 2 aliphatic rings. The molecule has 0 unspecified atom stereocenters. The largest absolute Gasteiger partial charge is 0.314 e. The number of benzene rings is 1. The lowest BCUT2D eigenvalue weighted by Gasteiger charge is -2.32. The normalized spacial score (nSPS) is 21.3. The summed E-state index contributed by atoms with van der Waals surface area (Å²) in [7, 11) is 0. The zero-order valence-electron chi connectivity index (χ0n) is 11.7. The maximum atomic E-state index is 13.4. The molecule has 2 fully saturated rings. The van der Waals surface area contributed by atoms with Crippen molar-refractivity contribution in [2.24, 2.45) is 5.92 Å². The van der Waals surface area contributed by atoms with Crippen molar-refractivity contribution in [1.82, 2.24) is 10.2 Å². The lowest BCUT2D eigenvalue weighted by molar-refractivity contribution is 0.190. The molecule has 2 nitrogen and oxygen atoms in total. The Hall–Kier alpha value is -0.450. The fourth-order valence-electron chi connectivity index (χ4n) is 2.91. The summed E-state index contributed by atoms with van der Waals surface area (Å²) < 4.78 is 14.2. The second kappa shape index (κ2) is 6.54. The minimum Gasteiger partial charge on any atom is -0.314 e. The van der Waals surface area contributed by atoms with Gasteiger partial charge in [-0.15, -0.1) is 0 Å². The van der Waals surface area contributed by atoms with Crippen molar-refractivity contribution in [3.8, 4) is 0 Å². The minimum atomic E-state index is -0.157. The number of piperidine rings is 1. The second-order valence-electron chi connectivity index (χ2n) is 6.18. The van der Waals surface area contributed by atoms with Gasteiger partial charge in [-0.25, -0.2) is 4.39 Å². The van der Waals surface area contributed by atoms with Crippen molar-refractivity contribution in [3.05, 3.63) is 34.1 Å². The van der Waals surface area contributed by atoms with Gasteiger partial charge in [0.2, 0.25) is 0 Å². The summed E-state index contributed by atoms with van der Waals surface area (Å²) in [6.07, 6.45) is 5.26. The Morgan fingerprint density at radius 1 is 1.15 bits per heavy atom. The monoisotopic (exact) mass is 340 g/mol. The summed E-state index contributed by atoms with van der Waals surface area (Å²) in [5, 5.41) is 3.69. The van der Waals surface area contributed by atoms with Gasteiger partial charge in [0.15, 0.2) is 0 Å². The van der Waals surface area contributed by atoms with Crippen LogP contribution in [0.3, 0.4) is 0 Å². The summed E-state index contributed by atoms with van der Waals surface area (Å²) in [4.78, 5) is 2.43. The molecule has 0 spiro atoms. The SMILES string of the molecule is Fc1cc(Br)cc(CN2CCC(NCC3CC3)CC2)c1. The first-order chi connectivity index (χ1) is 9.69. The van der Waals surface area contributed by atoms with Crippen LogP contribution in [0.15, 0.2) is 22.7 Å². The van der Waals surface area contributed by atoms with Crippen LogP contribution >= 0.6 is 15.9 Å². The van der Waals surface area contributed by atoms with Crippen LogP contribution < -0.4 is 5.32 Å². The number of rotatable bonds is 5. The highest BCUT2D eigenvalue weighted by Crippen LogP contribution is 2.28. The van der Waals surface area contributed by atoms with E-state index in [4.69, 9.17) is 0 Å². The molecule has 4 heteroatoms. The van der Waals surface area contributed by atoms with Crippen LogP contribution in [-0.2, 0) is 6.54 Å². The van der Waals surface area contributed by atoms with Gasteiger partial charge in [-0.1, -0.05) is 15.9 Å². The molecule has 1 heterocycles. The summed E-state index contributed by atoms with van der Waals surface area (Å²) >= 11 is 3.36. The van der Waals surface area contributed by atoms with Crippen molar-refractivity contribution in [1.29, 1.82) is 0 Å². The maximum Gasteiger partial charge on any atom is 0.124 e. The van der Waals surface area contributed by atoms with Crippen molar-refractivity contribution in [2.75, 3.05) is 19.6 Å². The highest BCUT2D eigenvalue weighted by atomic mass is 79.9. The predicted octanol–water partition coefficient (Wildman–Crippen LogP) is 3.55. The van der Waals surface area contributed by atoms with E-state index in [2.05, 4.69) is 26.1 Å². The fraction of sp³-hybridized carbons (Fsp3) is 0.625. The predicted molar refractivity (Wildman–Crippen MR) is 83.1 cm³/mol. The van der Waals surface area contributed by atoms with Crippen LogP contribution in [0.25, 0.3) is 0 Å². The molecule has 3 rings (SSSR count). The smallest absolute Gasteiger partial charge is 0.124 e. The van der Waals surface area contributed by atoms with Crippen LogP contribution in [0.2, 0.25) is 0 Å². The molecule has 1 saturated carbocycles. The Bertz CT molecular complexity index is 434. The first-order valence-electron chi connectivity index (χ1n) is 7.60. The Morgan fingerprint density at radius 3 is 2.55 bits per heavy atom. The van der Waals surface area contributed by atoms with Gasteiger partial charge in [0.1, 0.15) is 5.82 Å². The van der Waals surface area contributed by atoms with Gasteiger partial charge >= 0.3 is 0 Å². The molecular formula is C16H22BrFN2. The van der Waals surface area contributed by atoms with Gasteiger partial charge < -0.3 is 5.32 Å². The van der Waals surface area contributed by atoms with Crippen LogP contribution in [0.5, 0.6) is 0 Å². The molecule has 0 aromatic heterocycles. The van der Waals surface area contributed by atoms with E-state index in [1.807, 2.05) is 6.07 Å². The molecular weight excluding hydrogens is 319 g/mol. The first kappa shape index (κ1) is 14.5. The Morgan fingerprint density at radius 2 is 1.90 bits per heavy atom. The van der Waals surface area contributed by atoms with E-state index in [0.29, 0.717) is 6.04 Å². The highest BCUT2D eigenvalue weighted by molar-refractivity contribution is 9.10. The molecule has 0 amide bonds. The summed E-state index contributed by atoms with van der Waals surface area (Å²) in [5.74, 6) is 0.799. The third kappa shape index (κ3) is 4.27. The number of hydrogen-bond acceptors (Lipinski definition) is 2. The van der Waals surface area contributed by atoms with Gasteiger partial charge in [0.25, 0.3) is 0 Å². The van der Waals surface area contributed by atoms with Crippen LogP contribution in [0.4, 0.5) is 4.39 Å².